The number of hydrogen-bond acceptors (Lipinski definition) is 2. The van der Waals surface area contributed by atoms with Crippen LogP contribution in [0.3, 0.4) is 0 Å². The first-order valence-corrected chi connectivity index (χ1v) is 9.40. The summed E-state index contributed by atoms with van der Waals surface area (Å²) in [6.45, 7) is 3.33. The van der Waals surface area contributed by atoms with Gasteiger partial charge in [-0.25, -0.2) is 0 Å². The molecule has 0 spiro atoms. The molecule has 1 aromatic heterocycles. The van der Waals surface area contributed by atoms with Gasteiger partial charge in [-0.3, -0.25) is 4.90 Å². The molecule has 1 fully saturated rings. The van der Waals surface area contributed by atoms with Crippen molar-refractivity contribution in [1.82, 2.24) is 9.88 Å². The van der Waals surface area contributed by atoms with E-state index in [-0.39, 0.29) is 6.17 Å². The summed E-state index contributed by atoms with van der Waals surface area (Å²) in [6, 6.07) is 19.8. The Kier molecular flexibility index (Phi) is 4.60. The van der Waals surface area contributed by atoms with Crippen LogP contribution >= 0.6 is 0 Å². The Bertz CT molecular complexity index is 827. The zero-order valence-corrected chi connectivity index (χ0v) is 14.9. The SMILES string of the molecule is CC1CCCC(N)N1CCc1c(-c2ccccc2)[nH]c2ccccc12. The molecule has 130 valence electrons. The van der Waals surface area contributed by atoms with Gasteiger partial charge in [-0.15, -0.1) is 0 Å². The van der Waals surface area contributed by atoms with Gasteiger partial charge in [0.05, 0.1) is 6.17 Å². The number of hydrogen-bond donors (Lipinski definition) is 2. The molecule has 1 saturated heterocycles. The standard InChI is InChI=1S/C22H27N3/c1-16-8-7-13-21(23)25(16)15-14-19-18-11-5-6-12-20(18)24-22(19)17-9-3-2-4-10-17/h2-6,9-12,16,21,24H,7-8,13-15,23H2,1H3. The summed E-state index contributed by atoms with van der Waals surface area (Å²) in [5.74, 6) is 0. The summed E-state index contributed by atoms with van der Waals surface area (Å²) in [6.07, 6.45) is 4.85. The lowest BCUT2D eigenvalue weighted by Crippen LogP contribution is -2.50. The van der Waals surface area contributed by atoms with Crippen LogP contribution in [0, 0.1) is 0 Å². The Balaban J connectivity index is 1.68. The minimum atomic E-state index is 0.203. The first-order valence-electron chi connectivity index (χ1n) is 9.40. The lowest BCUT2D eigenvalue weighted by atomic mass is 9.98. The van der Waals surface area contributed by atoms with Gasteiger partial charge in [0, 0.05) is 29.2 Å². The maximum Gasteiger partial charge on any atom is 0.0574 e. The zero-order chi connectivity index (χ0) is 17.2. The summed E-state index contributed by atoms with van der Waals surface area (Å²) in [5.41, 5.74) is 11.5. The number of nitrogens with zero attached hydrogens (tertiary/aromatic N) is 1. The van der Waals surface area contributed by atoms with E-state index < -0.39 is 0 Å². The van der Waals surface area contributed by atoms with E-state index in [1.165, 1.54) is 40.6 Å². The minimum Gasteiger partial charge on any atom is -0.354 e. The average molecular weight is 333 g/mol. The highest BCUT2D eigenvalue weighted by atomic mass is 15.2. The number of rotatable bonds is 4. The van der Waals surface area contributed by atoms with Crippen LogP contribution in [0.2, 0.25) is 0 Å². The third-order valence-corrected chi connectivity index (χ3v) is 5.61. The molecule has 0 amide bonds. The number of fused-ring (bicyclic) bond motifs is 1. The van der Waals surface area contributed by atoms with Crippen LogP contribution < -0.4 is 5.73 Å². The molecule has 4 rings (SSSR count). The number of benzene rings is 2. The molecule has 25 heavy (non-hydrogen) atoms. The first kappa shape index (κ1) is 16.4. The molecular formula is C22H27N3. The number of aromatic nitrogens is 1. The Morgan fingerprint density at radius 1 is 1.04 bits per heavy atom. The molecule has 3 aromatic rings. The van der Waals surface area contributed by atoms with Gasteiger partial charge >= 0.3 is 0 Å². The smallest absolute Gasteiger partial charge is 0.0574 e. The number of aromatic amines is 1. The fourth-order valence-corrected chi connectivity index (χ4v) is 4.22. The predicted molar refractivity (Wildman–Crippen MR) is 105 cm³/mol. The van der Waals surface area contributed by atoms with E-state index in [0.29, 0.717) is 6.04 Å². The Morgan fingerprint density at radius 3 is 2.60 bits per heavy atom. The summed E-state index contributed by atoms with van der Waals surface area (Å²) < 4.78 is 0. The maximum atomic E-state index is 6.39. The van der Waals surface area contributed by atoms with Crippen LogP contribution in [-0.2, 0) is 6.42 Å². The van der Waals surface area contributed by atoms with Crippen molar-refractivity contribution >= 4 is 10.9 Å². The van der Waals surface area contributed by atoms with Gasteiger partial charge in [0.25, 0.3) is 0 Å². The zero-order valence-electron chi connectivity index (χ0n) is 14.9. The monoisotopic (exact) mass is 333 g/mol. The van der Waals surface area contributed by atoms with Gasteiger partial charge in [0.15, 0.2) is 0 Å². The third-order valence-electron chi connectivity index (χ3n) is 5.61. The number of piperidine rings is 1. The number of H-pyrrole nitrogens is 1. The largest absolute Gasteiger partial charge is 0.354 e. The van der Waals surface area contributed by atoms with Crippen molar-refractivity contribution < 1.29 is 0 Å². The lowest BCUT2D eigenvalue weighted by molar-refractivity contribution is 0.0980. The van der Waals surface area contributed by atoms with Crippen LogP contribution in [0.5, 0.6) is 0 Å². The van der Waals surface area contributed by atoms with Gasteiger partial charge < -0.3 is 10.7 Å². The van der Waals surface area contributed by atoms with E-state index in [9.17, 15) is 0 Å². The predicted octanol–water partition coefficient (Wildman–Crippen LogP) is 4.54. The second-order valence-electron chi connectivity index (χ2n) is 7.23. The maximum absolute atomic E-state index is 6.39. The number of nitrogens with one attached hydrogen (secondary N) is 1. The molecule has 0 aliphatic carbocycles. The van der Waals surface area contributed by atoms with E-state index >= 15 is 0 Å². The summed E-state index contributed by atoms with van der Waals surface area (Å²) >= 11 is 0. The summed E-state index contributed by atoms with van der Waals surface area (Å²) in [7, 11) is 0. The molecule has 1 aliphatic heterocycles. The minimum absolute atomic E-state index is 0.203. The van der Waals surface area contributed by atoms with Gasteiger partial charge in [0.1, 0.15) is 0 Å². The Hall–Kier alpha value is -2.10. The van der Waals surface area contributed by atoms with Crippen LogP contribution in [-0.4, -0.2) is 28.6 Å². The van der Waals surface area contributed by atoms with E-state index in [4.69, 9.17) is 5.73 Å². The van der Waals surface area contributed by atoms with Crippen molar-refractivity contribution in [3.8, 4) is 11.3 Å². The highest BCUT2D eigenvalue weighted by Crippen LogP contribution is 2.31. The molecule has 0 saturated carbocycles. The molecule has 2 heterocycles. The van der Waals surface area contributed by atoms with Gasteiger partial charge in [-0.1, -0.05) is 48.5 Å². The van der Waals surface area contributed by atoms with Crippen molar-refractivity contribution in [3.05, 3.63) is 60.2 Å². The molecule has 1 aliphatic rings. The molecule has 3 nitrogen and oxygen atoms in total. The molecule has 0 radical (unpaired) electrons. The average Bonchev–Trinajstić information content (AvgIpc) is 3.01. The molecule has 0 bridgehead atoms. The fourth-order valence-electron chi connectivity index (χ4n) is 4.22. The van der Waals surface area contributed by atoms with Crippen molar-refractivity contribution in [3.63, 3.8) is 0 Å². The molecule has 3 heteroatoms. The number of nitrogens with two attached hydrogens (primary N) is 1. The van der Waals surface area contributed by atoms with E-state index in [1.807, 2.05) is 0 Å². The molecule has 3 N–H and O–H groups in total. The number of likely N-dealkylation sites (tertiary alicyclic amines) is 1. The normalized spacial score (nSPS) is 21.7. The topological polar surface area (TPSA) is 45.0 Å². The third kappa shape index (κ3) is 3.22. The van der Waals surface area contributed by atoms with Gasteiger partial charge in [-0.05, 0) is 49.8 Å². The van der Waals surface area contributed by atoms with Crippen LogP contribution in [0.4, 0.5) is 0 Å². The van der Waals surface area contributed by atoms with Crippen LogP contribution in [0.25, 0.3) is 22.2 Å². The van der Waals surface area contributed by atoms with Crippen LogP contribution in [0.15, 0.2) is 54.6 Å². The molecule has 2 unspecified atom stereocenters. The Morgan fingerprint density at radius 2 is 1.80 bits per heavy atom. The summed E-state index contributed by atoms with van der Waals surface area (Å²) in [5, 5.41) is 1.33. The first-order chi connectivity index (χ1) is 12.2. The van der Waals surface area contributed by atoms with Crippen molar-refractivity contribution in [2.75, 3.05) is 6.54 Å². The van der Waals surface area contributed by atoms with Crippen molar-refractivity contribution in [2.45, 2.75) is 44.8 Å². The Labute approximate surface area is 149 Å². The van der Waals surface area contributed by atoms with Crippen molar-refractivity contribution in [1.29, 1.82) is 0 Å². The van der Waals surface area contributed by atoms with Gasteiger partial charge in [0.2, 0.25) is 0 Å². The second-order valence-corrected chi connectivity index (χ2v) is 7.23. The van der Waals surface area contributed by atoms with E-state index in [0.717, 1.165) is 19.4 Å². The molecule has 2 aromatic carbocycles. The lowest BCUT2D eigenvalue weighted by Gasteiger charge is -2.38. The molecule has 2 atom stereocenters. The highest BCUT2D eigenvalue weighted by molar-refractivity contribution is 5.90. The fraction of sp³-hybridized carbons (Fsp3) is 0.364. The quantitative estimate of drug-likeness (QED) is 0.736. The highest BCUT2D eigenvalue weighted by Gasteiger charge is 2.25. The molecular weight excluding hydrogens is 306 g/mol. The number of para-hydroxylation sites is 1. The van der Waals surface area contributed by atoms with E-state index in [2.05, 4.69) is 71.4 Å². The van der Waals surface area contributed by atoms with Crippen LogP contribution in [0.1, 0.15) is 31.7 Å². The van der Waals surface area contributed by atoms with E-state index in [1.54, 1.807) is 0 Å². The van der Waals surface area contributed by atoms with Crippen molar-refractivity contribution in [2.24, 2.45) is 5.73 Å². The second kappa shape index (κ2) is 7.03. The van der Waals surface area contributed by atoms with Gasteiger partial charge in [-0.2, -0.15) is 0 Å². The summed E-state index contributed by atoms with van der Waals surface area (Å²) in [4.78, 5) is 6.13.